The molecule has 1 heteroatoms. The average molecular weight is 517 g/mol. The molecule has 4 saturated carbocycles. The molecular weight excluding hydrogens is 457 g/mol. The first-order chi connectivity index (χ1) is 16.2. The Morgan fingerprint density at radius 2 is 0.576 bits per heavy atom. The molecule has 0 saturated heterocycles. The summed E-state index contributed by atoms with van der Waals surface area (Å²) in [6.07, 6.45) is 31.7. The van der Waals surface area contributed by atoms with Gasteiger partial charge in [-0.25, -0.2) is 0 Å². The van der Waals surface area contributed by atoms with Gasteiger partial charge >= 0.3 is 212 Å². The minimum atomic E-state index is -2.30. The molecule has 4 fully saturated rings. The first kappa shape index (κ1) is 26.6. The van der Waals surface area contributed by atoms with E-state index in [0.29, 0.717) is 0 Å². The molecule has 0 spiro atoms. The van der Waals surface area contributed by atoms with Crippen molar-refractivity contribution in [3.8, 4) is 0 Å². The average Bonchev–Trinajstić information content (AvgIpc) is 2.90. The molecule has 4 aliphatic rings. The van der Waals surface area contributed by atoms with Crippen molar-refractivity contribution in [3.05, 3.63) is 0 Å². The SMILES string of the molecule is CCC1CCCC[CH]1[Ge]([CH]1CCCCC1CC)([CH]1CCCCC1CC)[CH]1CCCCC1CC. The van der Waals surface area contributed by atoms with E-state index in [0.717, 1.165) is 23.7 Å². The number of rotatable bonds is 8. The van der Waals surface area contributed by atoms with Crippen LogP contribution in [0.4, 0.5) is 0 Å². The summed E-state index contributed by atoms with van der Waals surface area (Å²) in [7, 11) is 0. The van der Waals surface area contributed by atoms with Crippen LogP contribution >= 0.6 is 0 Å². The predicted octanol–water partition coefficient (Wildman–Crippen LogP) is 11.3. The van der Waals surface area contributed by atoms with Crippen LogP contribution in [0, 0.1) is 23.7 Å². The number of hydrogen-bond acceptors (Lipinski definition) is 0. The van der Waals surface area contributed by atoms with Gasteiger partial charge in [-0.15, -0.1) is 0 Å². The fourth-order valence-electron chi connectivity index (χ4n) is 11.1. The Labute approximate surface area is 211 Å². The minimum absolute atomic E-state index is 1.11. The molecule has 0 N–H and O–H groups in total. The zero-order valence-corrected chi connectivity index (χ0v) is 25.4. The van der Waals surface area contributed by atoms with E-state index in [1.165, 1.54) is 44.7 Å². The molecule has 0 nitrogen and oxygen atoms in total. The summed E-state index contributed by atoms with van der Waals surface area (Å²) in [6, 6.07) is 0. The zero-order valence-electron chi connectivity index (χ0n) is 23.3. The normalized spacial score (nSPS) is 42.5. The van der Waals surface area contributed by atoms with Crippen LogP contribution in [0.5, 0.6) is 0 Å². The van der Waals surface area contributed by atoms with Gasteiger partial charge in [0.15, 0.2) is 0 Å². The fourth-order valence-corrected chi connectivity index (χ4v) is 34.1. The van der Waals surface area contributed by atoms with E-state index in [1.54, 1.807) is 103 Å². The van der Waals surface area contributed by atoms with E-state index in [-0.39, 0.29) is 0 Å². The van der Waals surface area contributed by atoms with Gasteiger partial charge in [-0.2, -0.15) is 0 Å². The Morgan fingerprint density at radius 3 is 0.788 bits per heavy atom. The van der Waals surface area contributed by atoms with E-state index in [2.05, 4.69) is 27.7 Å². The molecule has 0 aromatic carbocycles. The quantitative estimate of drug-likeness (QED) is 0.281. The van der Waals surface area contributed by atoms with Crippen LogP contribution in [0.25, 0.3) is 0 Å². The molecular formula is C32H60Ge. The fraction of sp³-hybridized carbons (Fsp3) is 1.00. The van der Waals surface area contributed by atoms with Crippen molar-refractivity contribution < 1.29 is 0 Å². The second-order valence-electron chi connectivity index (χ2n) is 13.2. The summed E-state index contributed by atoms with van der Waals surface area (Å²) >= 11 is -2.30. The van der Waals surface area contributed by atoms with E-state index < -0.39 is 13.3 Å². The third kappa shape index (κ3) is 5.18. The molecule has 8 atom stereocenters. The molecule has 192 valence electrons. The van der Waals surface area contributed by atoms with Crippen LogP contribution in [0.3, 0.4) is 0 Å². The first-order valence-electron chi connectivity index (χ1n) is 16.2. The van der Waals surface area contributed by atoms with Crippen LogP contribution in [-0.2, 0) is 0 Å². The summed E-state index contributed by atoms with van der Waals surface area (Å²) in [5.74, 6) is 4.43. The van der Waals surface area contributed by atoms with Crippen LogP contribution in [0.1, 0.15) is 156 Å². The van der Waals surface area contributed by atoms with Crippen LogP contribution in [0.2, 0.25) is 19.0 Å². The molecule has 0 aliphatic heterocycles. The Hall–Kier alpha value is 0.543. The topological polar surface area (TPSA) is 0 Å². The summed E-state index contributed by atoms with van der Waals surface area (Å²) in [5, 5.41) is 0. The third-order valence-corrected chi connectivity index (χ3v) is 29.5. The van der Waals surface area contributed by atoms with Crippen molar-refractivity contribution in [2.75, 3.05) is 0 Å². The molecule has 0 radical (unpaired) electrons. The van der Waals surface area contributed by atoms with Gasteiger partial charge in [0.25, 0.3) is 0 Å². The second-order valence-corrected chi connectivity index (χ2v) is 23.7. The Morgan fingerprint density at radius 1 is 0.364 bits per heavy atom. The maximum atomic E-state index is 2.60. The molecule has 4 aliphatic carbocycles. The molecule has 0 heterocycles. The van der Waals surface area contributed by atoms with Crippen molar-refractivity contribution in [1.82, 2.24) is 0 Å². The summed E-state index contributed by atoms with van der Waals surface area (Å²) in [5.41, 5.74) is 0. The Balaban J connectivity index is 1.91. The van der Waals surface area contributed by atoms with Gasteiger partial charge in [0.2, 0.25) is 0 Å². The molecule has 0 amide bonds. The van der Waals surface area contributed by atoms with E-state index in [4.69, 9.17) is 0 Å². The van der Waals surface area contributed by atoms with Crippen molar-refractivity contribution in [1.29, 1.82) is 0 Å². The molecule has 33 heavy (non-hydrogen) atoms. The van der Waals surface area contributed by atoms with Crippen molar-refractivity contribution >= 4 is 13.3 Å². The van der Waals surface area contributed by atoms with Gasteiger partial charge in [0.1, 0.15) is 0 Å². The van der Waals surface area contributed by atoms with E-state index >= 15 is 0 Å². The third-order valence-electron chi connectivity index (χ3n) is 12.3. The molecule has 8 unspecified atom stereocenters. The maximum absolute atomic E-state index is 2.60. The van der Waals surface area contributed by atoms with Gasteiger partial charge in [0, 0.05) is 0 Å². The predicted molar refractivity (Wildman–Crippen MR) is 150 cm³/mol. The van der Waals surface area contributed by atoms with Crippen molar-refractivity contribution in [3.63, 3.8) is 0 Å². The van der Waals surface area contributed by atoms with Gasteiger partial charge in [0.05, 0.1) is 0 Å². The van der Waals surface area contributed by atoms with E-state index in [9.17, 15) is 0 Å². The monoisotopic (exact) mass is 518 g/mol. The Bertz CT molecular complexity index is 467. The van der Waals surface area contributed by atoms with Gasteiger partial charge in [-0.1, -0.05) is 0 Å². The second kappa shape index (κ2) is 12.7. The number of hydrogen-bond donors (Lipinski definition) is 0. The standard InChI is InChI=1S/C32H60Ge/c1-5-25-17-9-13-21-29(25)33(30-22-14-10-18-26(30)6-2,31-23-15-11-19-27(31)7-3)32-24-16-12-20-28(32)8-4/h25-32H,5-24H2,1-4H3. The van der Waals surface area contributed by atoms with Crippen molar-refractivity contribution in [2.24, 2.45) is 23.7 Å². The molecule has 0 bridgehead atoms. The molecule has 4 rings (SSSR count). The molecule has 0 aromatic heterocycles. The molecule has 0 aromatic rings. The van der Waals surface area contributed by atoms with Gasteiger partial charge < -0.3 is 0 Å². The summed E-state index contributed by atoms with van der Waals surface area (Å²) < 4.78 is 4.93. The summed E-state index contributed by atoms with van der Waals surface area (Å²) in [6.45, 7) is 10.4. The van der Waals surface area contributed by atoms with Gasteiger partial charge in [-0.05, 0) is 0 Å². The van der Waals surface area contributed by atoms with E-state index in [1.807, 2.05) is 0 Å². The first-order valence-corrected chi connectivity index (χ1v) is 21.1. The zero-order chi connectivity index (χ0) is 23.3. The van der Waals surface area contributed by atoms with Crippen LogP contribution in [0.15, 0.2) is 0 Å². The van der Waals surface area contributed by atoms with Crippen LogP contribution < -0.4 is 0 Å². The van der Waals surface area contributed by atoms with Crippen LogP contribution in [-0.4, -0.2) is 13.3 Å². The van der Waals surface area contributed by atoms with Crippen molar-refractivity contribution in [2.45, 2.75) is 175 Å². The Kier molecular flexibility index (Phi) is 10.2. The summed E-state index contributed by atoms with van der Waals surface area (Å²) in [4.78, 5) is 0. The van der Waals surface area contributed by atoms with Gasteiger partial charge in [-0.3, -0.25) is 0 Å².